The molecule has 0 unspecified atom stereocenters. The van der Waals surface area contributed by atoms with Gasteiger partial charge in [0.2, 0.25) is 0 Å². The van der Waals surface area contributed by atoms with E-state index in [0.29, 0.717) is 5.92 Å². The Morgan fingerprint density at radius 2 is 2.13 bits per heavy atom. The lowest BCUT2D eigenvalue weighted by Crippen LogP contribution is -2.10. The summed E-state index contributed by atoms with van der Waals surface area (Å²) in [6, 6.07) is 4.23. The molecule has 2 heteroatoms. The van der Waals surface area contributed by atoms with Gasteiger partial charge in [-0.2, -0.15) is 0 Å². The highest BCUT2D eigenvalue weighted by molar-refractivity contribution is 5.46. The van der Waals surface area contributed by atoms with Crippen molar-refractivity contribution >= 4 is 6.08 Å². The van der Waals surface area contributed by atoms with E-state index >= 15 is 0 Å². The van der Waals surface area contributed by atoms with Crippen LogP contribution in [0.25, 0.3) is 6.08 Å². The van der Waals surface area contributed by atoms with Crippen LogP contribution in [0.1, 0.15) is 31.0 Å². The molecule has 0 amide bonds. The molecule has 15 heavy (non-hydrogen) atoms. The van der Waals surface area contributed by atoms with Crippen molar-refractivity contribution in [3.8, 4) is 0 Å². The molecule has 0 N–H and O–H groups in total. The Morgan fingerprint density at radius 1 is 1.40 bits per heavy atom. The van der Waals surface area contributed by atoms with Gasteiger partial charge >= 0.3 is 0 Å². The van der Waals surface area contributed by atoms with Gasteiger partial charge in [-0.3, -0.25) is 4.98 Å². The zero-order valence-corrected chi connectivity index (χ0v) is 10.1. The lowest BCUT2D eigenvalue weighted by atomic mass is 10.0. The first-order valence-corrected chi connectivity index (χ1v) is 5.37. The Labute approximate surface area is 92.6 Å². The first kappa shape index (κ1) is 11.9. The van der Waals surface area contributed by atoms with Crippen LogP contribution in [0.2, 0.25) is 0 Å². The minimum Gasteiger partial charge on any atom is -0.306 e. The molecule has 82 valence electrons. The summed E-state index contributed by atoms with van der Waals surface area (Å²) in [6.07, 6.45) is 6.09. The summed E-state index contributed by atoms with van der Waals surface area (Å²) >= 11 is 0. The number of hydrogen-bond donors (Lipinski definition) is 0. The summed E-state index contributed by atoms with van der Waals surface area (Å²) < 4.78 is 0. The minimum atomic E-state index is 0.564. The number of hydrogen-bond acceptors (Lipinski definition) is 2. The van der Waals surface area contributed by atoms with E-state index in [0.717, 1.165) is 12.2 Å². The van der Waals surface area contributed by atoms with Crippen molar-refractivity contribution in [3.05, 3.63) is 35.7 Å². The monoisotopic (exact) mass is 204 g/mol. The third kappa shape index (κ3) is 4.26. The standard InChI is InChI=1S/C13H20N2/c1-11(2)12-7-8-14-13(10-12)6-5-9-15(3)4/h5-8,10-11H,9H2,1-4H3/b6-5+. The highest BCUT2D eigenvalue weighted by Gasteiger charge is 1.98. The van der Waals surface area contributed by atoms with Crippen molar-refractivity contribution in [2.45, 2.75) is 19.8 Å². The van der Waals surface area contributed by atoms with Crippen molar-refractivity contribution in [1.82, 2.24) is 9.88 Å². The maximum atomic E-state index is 4.31. The van der Waals surface area contributed by atoms with Crippen LogP contribution in [-0.4, -0.2) is 30.5 Å². The van der Waals surface area contributed by atoms with Crippen molar-refractivity contribution in [2.24, 2.45) is 0 Å². The van der Waals surface area contributed by atoms with Gasteiger partial charge in [-0.1, -0.05) is 19.9 Å². The Balaban J connectivity index is 2.69. The Kier molecular flexibility index (Phi) is 4.50. The zero-order valence-electron chi connectivity index (χ0n) is 10.1. The summed E-state index contributed by atoms with van der Waals surface area (Å²) in [6.45, 7) is 5.35. The number of likely N-dealkylation sites (N-methyl/N-ethyl adjacent to an activating group) is 1. The van der Waals surface area contributed by atoms with Crippen molar-refractivity contribution in [3.63, 3.8) is 0 Å². The van der Waals surface area contributed by atoms with Gasteiger partial charge in [0, 0.05) is 12.7 Å². The fraction of sp³-hybridized carbons (Fsp3) is 0.462. The highest BCUT2D eigenvalue weighted by Crippen LogP contribution is 2.14. The first-order valence-electron chi connectivity index (χ1n) is 5.37. The molecule has 0 radical (unpaired) electrons. The highest BCUT2D eigenvalue weighted by atomic mass is 15.0. The lowest BCUT2D eigenvalue weighted by Gasteiger charge is -2.06. The Morgan fingerprint density at radius 3 is 2.73 bits per heavy atom. The lowest BCUT2D eigenvalue weighted by molar-refractivity contribution is 0.457. The molecule has 0 aliphatic rings. The molecule has 1 rings (SSSR count). The van der Waals surface area contributed by atoms with Gasteiger partial charge in [0.05, 0.1) is 5.69 Å². The van der Waals surface area contributed by atoms with Crippen LogP contribution in [0.3, 0.4) is 0 Å². The molecule has 0 saturated heterocycles. The smallest absolute Gasteiger partial charge is 0.0629 e. The Hall–Kier alpha value is -1.15. The molecule has 0 aromatic carbocycles. The molecule has 0 atom stereocenters. The normalized spacial score (nSPS) is 11.9. The maximum Gasteiger partial charge on any atom is 0.0629 e. The van der Waals surface area contributed by atoms with Gasteiger partial charge in [0.25, 0.3) is 0 Å². The van der Waals surface area contributed by atoms with Gasteiger partial charge < -0.3 is 4.90 Å². The van der Waals surface area contributed by atoms with E-state index < -0.39 is 0 Å². The van der Waals surface area contributed by atoms with Crippen LogP contribution in [0.15, 0.2) is 24.4 Å². The minimum absolute atomic E-state index is 0.564. The van der Waals surface area contributed by atoms with Crippen LogP contribution in [0, 0.1) is 0 Å². The molecule has 2 nitrogen and oxygen atoms in total. The SMILES string of the molecule is CC(C)c1ccnc(/C=C/CN(C)C)c1. The molecule has 0 bridgehead atoms. The average Bonchev–Trinajstić information content (AvgIpc) is 2.17. The summed E-state index contributed by atoms with van der Waals surface area (Å²) in [7, 11) is 4.12. The topological polar surface area (TPSA) is 16.1 Å². The molecular weight excluding hydrogens is 184 g/mol. The predicted octanol–water partition coefficient (Wildman–Crippen LogP) is 2.78. The maximum absolute atomic E-state index is 4.31. The van der Waals surface area contributed by atoms with E-state index in [1.54, 1.807) is 0 Å². The number of aromatic nitrogens is 1. The summed E-state index contributed by atoms with van der Waals surface area (Å²) in [5.41, 5.74) is 2.39. The second-order valence-corrected chi connectivity index (χ2v) is 4.33. The van der Waals surface area contributed by atoms with Gasteiger partial charge in [-0.25, -0.2) is 0 Å². The summed E-state index contributed by atoms with van der Waals surface area (Å²) in [5, 5.41) is 0. The Bertz CT molecular complexity index is 327. The van der Waals surface area contributed by atoms with Gasteiger partial charge in [-0.15, -0.1) is 0 Å². The molecule has 0 spiro atoms. The van der Waals surface area contributed by atoms with E-state index in [9.17, 15) is 0 Å². The summed E-state index contributed by atoms with van der Waals surface area (Å²) in [5.74, 6) is 0.564. The predicted molar refractivity (Wildman–Crippen MR) is 65.9 cm³/mol. The van der Waals surface area contributed by atoms with Crippen molar-refractivity contribution in [1.29, 1.82) is 0 Å². The molecule has 1 aromatic heterocycles. The number of rotatable bonds is 4. The third-order valence-corrected chi connectivity index (χ3v) is 2.23. The van der Waals surface area contributed by atoms with Gasteiger partial charge in [0.1, 0.15) is 0 Å². The molecule has 0 fully saturated rings. The summed E-state index contributed by atoms with van der Waals surface area (Å²) in [4.78, 5) is 6.44. The van der Waals surface area contributed by atoms with Crippen molar-refractivity contribution in [2.75, 3.05) is 20.6 Å². The zero-order chi connectivity index (χ0) is 11.3. The first-order chi connectivity index (χ1) is 7.09. The van der Waals surface area contributed by atoms with E-state index in [1.165, 1.54) is 5.56 Å². The van der Waals surface area contributed by atoms with Crippen LogP contribution >= 0.6 is 0 Å². The van der Waals surface area contributed by atoms with E-state index in [4.69, 9.17) is 0 Å². The van der Waals surface area contributed by atoms with Crippen LogP contribution in [-0.2, 0) is 0 Å². The van der Waals surface area contributed by atoms with Gasteiger partial charge in [0.15, 0.2) is 0 Å². The molecule has 0 saturated carbocycles. The molecule has 1 heterocycles. The van der Waals surface area contributed by atoms with E-state index in [1.807, 2.05) is 6.20 Å². The van der Waals surface area contributed by atoms with E-state index in [-0.39, 0.29) is 0 Å². The molecular formula is C13H20N2. The van der Waals surface area contributed by atoms with E-state index in [2.05, 4.69) is 62.1 Å². The second-order valence-electron chi connectivity index (χ2n) is 4.33. The number of nitrogens with zero attached hydrogens (tertiary/aromatic N) is 2. The number of pyridine rings is 1. The second kappa shape index (κ2) is 5.66. The van der Waals surface area contributed by atoms with Crippen molar-refractivity contribution < 1.29 is 0 Å². The van der Waals surface area contributed by atoms with Crippen LogP contribution in [0.5, 0.6) is 0 Å². The fourth-order valence-corrected chi connectivity index (χ4v) is 1.30. The fourth-order valence-electron chi connectivity index (χ4n) is 1.30. The van der Waals surface area contributed by atoms with Crippen LogP contribution < -0.4 is 0 Å². The molecule has 0 aliphatic carbocycles. The largest absolute Gasteiger partial charge is 0.306 e. The quantitative estimate of drug-likeness (QED) is 0.749. The van der Waals surface area contributed by atoms with Crippen LogP contribution in [0.4, 0.5) is 0 Å². The average molecular weight is 204 g/mol. The van der Waals surface area contributed by atoms with Gasteiger partial charge in [-0.05, 0) is 43.8 Å². The molecule has 1 aromatic rings. The molecule has 0 aliphatic heterocycles. The third-order valence-electron chi connectivity index (χ3n) is 2.23.